The zero-order valence-corrected chi connectivity index (χ0v) is 7.34. The van der Waals surface area contributed by atoms with Crippen LogP contribution in [0.25, 0.3) is 0 Å². The van der Waals surface area contributed by atoms with Gasteiger partial charge in [-0.25, -0.2) is 0 Å². The smallest absolute Gasteiger partial charge is 0.252 e. The average molecular weight is 172 g/mol. The lowest BCUT2D eigenvalue weighted by Crippen LogP contribution is -2.65. The minimum atomic E-state index is -0.998. The molecule has 70 valence electrons. The SMILES string of the molecule is C[C@](N)(C(N)=O)N1CCNCC1. The number of nitrogens with one attached hydrogen (secondary N) is 1. The molecule has 0 radical (unpaired) electrons. The summed E-state index contributed by atoms with van der Waals surface area (Å²) in [6.07, 6.45) is 0. The molecule has 1 fully saturated rings. The summed E-state index contributed by atoms with van der Waals surface area (Å²) in [4.78, 5) is 12.9. The van der Waals surface area contributed by atoms with Gasteiger partial charge in [0.1, 0.15) is 5.66 Å². The van der Waals surface area contributed by atoms with Crippen molar-refractivity contribution in [3.8, 4) is 0 Å². The molecular weight excluding hydrogens is 156 g/mol. The Morgan fingerprint density at radius 3 is 2.42 bits per heavy atom. The first-order chi connectivity index (χ1) is 5.55. The highest BCUT2D eigenvalue weighted by atomic mass is 16.2. The molecule has 0 aromatic carbocycles. The van der Waals surface area contributed by atoms with Gasteiger partial charge in [-0.1, -0.05) is 0 Å². The second-order valence-electron chi connectivity index (χ2n) is 3.25. The molecule has 0 aromatic rings. The Morgan fingerprint density at radius 1 is 1.50 bits per heavy atom. The zero-order valence-electron chi connectivity index (χ0n) is 7.34. The molecule has 5 nitrogen and oxygen atoms in total. The number of hydrogen-bond donors (Lipinski definition) is 3. The third-order valence-electron chi connectivity index (χ3n) is 2.27. The predicted octanol–water partition coefficient (Wildman–Crippen LogP) is -1.95. The lowest BCUT2D eigenvalue weighted by Gasteiger charge is -2.38. The van der Waals surface area contributed by atoms with Crippen molar-refractivity contribution >= 4 is 5.91 Å². The second kappa shape index (κ2) is 3.38. The van der Waals surface area contributed by atoms with Crippen LogP contribution in [0.3, 0.4) is 0 Å². The van der Waals surface area contributed by atoms with Crippen molar-refractivity contribution in [1.29, 1.82) is 0 Å². The normalized spacial score (nSPS) is 24.8. The first-order valence-electron chi connectivity index (χ1n) is 4.09. The van der Waals surface area contributed by atoms with Crippen LogP contribution in [0.4, 0.5) is 0 Å². The lowest BCUT2D eigenvalue weighted by atomic mass is 10.1. The minimum Gasteiger partial charge on any atom is -0.367 e. The predicted molar refractivity (Wildman–Crippen MR) is 46.2 cm³/mol. The molecular formula is C7H16N4O. The van der Waals surface area contributed by atoms with E-state index >= 15 is 0 Å². The summed E-state index contributed by atoms with van der Waals surface area (Å²) in [6, 6.07) is 0. The first kappa shape index (κ1) is 9.44. The van der Waals surface area contributed by atoms with Crippen molar-refractivity contribution in [2.45, 2.75) is 12.6 Å². The van der Waals surface area contributed by atoms with Crippen molar-refractivity contribution in [3.05, 3.63) is 0 Å². The van der Waals surface area contributed by atoms with Gasteiger partial charge >= 0.3 is 0 Å². The van der Waals surface area contributed by atoms with Gasteiger partial charge in [-0.2, -0.15) is 0 Å². The fraction of sp³-hybridized carbons (Fsp3) is 0.857. The van der Waals surface area contributed by atoms with Gasteiger partial charge in [-0.15, -0.1) is 0 Å². The van der Waals surface area contributed by atoms with E-state index in [9.17, 15) is 4.79 Å². The van der Waals surface area contributed by atoms with Crippen LogP contribution in [-0.2, 0) is 4.79 Å². The Hall–Kier alpha value is -0.650. The molecule has 1 aliphatic heterocycles. The van der Waals surface area contributed by atoms with Crippen LogP contribution in [0.1, 0.15) is 6.92 Å². The highest BCUT2D eigenvalue weighted by molar-refractivity contribution is 5.83. The van der Waals surface area contributed by atoms with Gasteiger partial charge in [-0.3, -0.25) is 9.69 Å². The summed E-state index contributed by atoms with van der Waals surface area (Å²) in [5.41, 5.74) is 9.94. The van der Waals surface area contributed by atoms with Gasteiger partial charge in [0.25, 0.3) is 5.91 Å². The van der Waals surface area contributed by atoms with Crippen LogP contribution in [-0.4, -0.2) is 42.6 Å². The monoisotopic (exact) mass is 172 g/mol. The minimum absolute atomic E-state index is 0.468. The summed E-state index contributed by atoms with van der Waals surface area (Å²) < 4.78 is 0. The third-order valence-corrected chi connectivity index (χ3v) is 2.27. The fourth-order valence-electron chi connectivity index (χ4n) is 1.29. The standard InChI is InChI=1S/C7H16N4O/c1-7(9,6(8)12)11-4-2-10-3-5-11/h10H,2-5,9H2,1H3,(H2,8,12)/t7-/m1/s1. The Labute approximate surface area is 72.1 Å². The van der Waals surface area contributed by atoms with E-state index in [1.54, 1.807) is 6.92 Å². The molecule has 1 amide bonds. The maximum atomic E-state index is 11.0. The molecule has 0 saturated carbocycles. The highest BCUT2D eigenvalue weighted by Crippen LogP contribution is 2.07. The van der Waals surface area contributed by atoms with Crippen LogP contribution in [0, 0.1) is 0 Å². The molecule has 1 aliphatic rings. The van der Waals surface area contributed by atoms with Crippen molar-refractivity contribution in [1.82, 2.24) is 10.2 Å². The molecule has 12 heavy (non-hydrogen) atoms. The number of nitrogens with zero attached hydrogens (tertiary/aromatic N) is 1. The average Bonchev–Trinajstić information content (AvgIpc) is 2.06. The molecule has 1 rings (SSSR count). The molecule has 0 spiro atoms. The number of hydrogen-bond acceptors (Lipinski definition) is 4. The van der Waals surface area contributed by atoms with Gasteiger partial charge in [0.2, 0.25) is 0 Å². The summed E-state index contributed by atoms with van der Waals surface area (Å²) in [7, 11) is 0. The topological polar surface area (TPSA) is 84.4 Å². The van der Waals surface area contributed by atoms with Crippen molar-refractivity contribution in [3.63, 3.8) is 0 Å². The van der Waals surface area contributed by atoms with E-state index in [1.165, 1.54) is 0 Å². The van der Waals surface area contributed by atoms with Crippen LogP contribution >= 0.6 is 0 Å². The van der Waals surface area contributed by atoms with E-state index in [-0.39, 0.29) is 0 Å². The molecule has 1 saturated heterocycles. The summed E-state index contributed by atoms with van der Waals surface area (Å²) in [6.45, 7) is 4.92. The Balaban J connectivity index is 2.59. The van der Waals surface area contributed by atoms with Gasteiger partial charge in [0, 0.05) is 26.2 Å². The molecule has 5 N–H and O–H groups in total. The van der Waals surface area contributed by atoms with Crippen molar-refractivity contribution < 1.29 is 4.79 Å². The quantitative estimate of drug-likeness (QED) is 0.452. The number of carbonyl (C=O) groups excluding carboxylic acids is 1. The Bertz CT molecular complexity index is 174. The maximum Gasteiger partial charge on any atom is 0.252 e. The van der Waals surface area contributed by atoms with Crippen LogP contribution in [0.15, 0.2) is 0 Å². The number of carbonyl (C=O) groups is 1. The molecule has 0 bridgehead atoms. The molecule has 0 aliphatic carbocycles. The van der Waals surface area contributed by atoms with Crippen LogP contribution in [0.2, 0.25) is 0 Å². The van der Waals surface area contributed by atoms with Crippen LogP contribution < -0.4 is 16.8 Å². The van der Waals surface area contributed by atoms with Gasteiger partial charge in [-0.05, 0) is 6.92 Å². The Kier molecular flexibility index (Phi) is 2.66. The van der Waals surface area contributed by atoms with Gasteiger partial charge in [0.05, 0.1) is 0 Å². The van der Waals surface area contributed by atoms with E-state index < -0.39 is 11.6 Å². The van der Waals surface area contributed by atoms with E-state index in [2.05, 4.69) is 5.32 Å². The Morgan fingerprint density at radius 2 is 2.00 bits per heavy atom. The molecule has 5 heteroatoms. The highest BCUT2D eigenvalue weighted by Gasteiger charge is 2.33. The number of piperazine rings is 1. The largest absolute Gasteiger partial charge is 0.367 e. The van der Waals surface area contributed by atoms with E-state index in [0.717, 1.165) is 26.2 Å². The number of amides is 1. The molecule has 0 unspecified atom stereocenters. The molecule has 1 heterocycles. The lowest BCUT2D eigenvalue weighted by molar-refractivity contribution is -0.129. The van der Waals surface area contributed by atoms with Gasteiger partial charge < -0.3 is 16.8 Å². The van der Waals surface area contributed by atoms with Crippen molar-refractivity contribution in [2.75, 3.05) is 26.2 Å². The zero-order chi connectivity index (χ0) is 9.19. The summed E-state index contributed by atoms with van der Waals surface area (Å²) in [5.74, 6) is -0.468. The molecule has 1 atom stereocenters. The first-order valence-corrected chi connectivity index (χ1v) is 4.09. The van der Waals surface area contributed by atoms with Gasteiger partial charge in [0.15, 0.2) is 0 Å². The fourth-order valence-corrected chi connectivity index (χ4v) is 1.29. The van der Waals surface area contributed by atoms with E-state index in [0.29, 0.717) is 0 Å². The second-order valence-corrected chi connectivity index (χ2v) is 3.25. The summed E-state index contributed by atoms with van der Waals surface area (Å²) >= 11 is 0. The molecule has 0 aromatic heterocycles. The maximum absolute atomic E-state index is 11.0. The van der Waals surface area contributed by atoms with Crippen molar-refractivity contribution in [2.24, 2.45) is 11.5 Å². The van der Waals surface area contributed by atoms with E-state index in [4.69, 9.17) is 11.5 Å². The summed E-state index contributed by atoms with van der Waals surface area (Å²) in [5, 5.41) is 3.18. The van der Waals surface area contributed by atoms with Crippen LogP contribution in [0.5, 0.6) is 0 Å². The number of primary amides is 1. The van der Waals surface area contributed by atoms with E-state index in [1.807, 2.05) is 4.90 Å². The number of nitrogens with two attached hydrogens (primary N) is 2. The number of rotatable bonds is 2. The third kappa shape index (κ3) is 1.74.